The second-order valence-electron chi connectivity index (χ2n) is 4.18. The fourth-order valence-electron chi connectivity index (χ4n) is 1.88. The van der Waals surface area contributed by atoms with Crippen LogP contribution in [0.5, 0.6) is 0 Å². The van der Waals surface area contributed by atoms with Gasteiger partial charge in [0.25, 0.3) is 0 Å². The molecule has 1 aliphatic rings. The van der Waals surface area contributed by atoms with Crippen molar-refractivity contribution in [3.8, 4) is 11.3 Å². The zero-order valence-corrected chi connectivity index (χ0v) is 11.5. The first-order chi connectivity index (χ1) is 9.24. The van der Waals surface area contributed by atoms with Crippen LogP contribution in [-0.4, -0.2) is 10.8 Å². The highest BCUT2D eigenvalue weighted by molar-refractivity contribution is 7.11. The van der Waals surface area contributed by atoms with Gasteiger partial charge in [0, 0.05) is 22.4 Å². The number of ketones is 1. The van der Waals surface area contributed by atoms with Gasteiger partial charge in [-0.3, -0.25) is 4.79 Å². The Balaban J connectivity index is 1.95. The highest BCUT2D eigenvalue weighted by atomic mass is 35.5. The first kappa shape index (κ1) is 12.3. The number of Topliss-reactive ketones (excluding diaryl/α,β-unsaturated/α-hetero) is 1. The molecule has 0 aliphatic heterocycles. The minimum atomic E-state index is 0.125. The van der Waals surface area contributed by atoms with Crippen LogP contribution in [0.15, 0.2) is 47.9 Å². The molecule has 1 heterocycles. The van der Waals surface area contributed by atoms with Crippen molar-refractivity contribution in [2.75, 3.05) is 0 Å². The van der Waals surface area contributed by atoms with Gasteiger partial charge in [0.15, 0.2) is 5.78 Å². The Labute approximate surface area is 120 Å². The summed E-state index contributed by atoms with van der Waals surface area (Å²) in [4.78, 5) is 16.4. The van der Waals surface area contributed by atoms with E-state index >= 15 is 0 Å². The Hall–Kier alpha value is -1.71. The van der Waals surface area contributed by atoms with E-state index in [0.29, 0.717) is 17.0 Å². The maximum absolute atomic E-state index is 11.8. The summed E-state index contributed by atoms with van der Waals surface area (Å²) in [7, 11) is 0. The smallest absolute Gasteiger partial charge is 0.169 e. The van der Waals surface area contributed by atoms with Crippen molar-refractivity contribution in [3.05, 3.63) is 57.9 Å². The maximum atomic E-state index is 11.8. The molecule has 0 bridgehead atoms. The summed E-state index contributed by atoms with van der Waals surface area (Å²) >= 11 is 7.36. The predicted molar refractivity (Wildman–Crippen MR) is 79.3 cm³/mol. The van der Waals surface area contributed by atoms with Gasteiger partial charge >= 0.3 is 0 Å². The van der Waals surface area contributed by atoms with E-state index in [-0.39, 0.29) is 5.78 Å². The van der Waals surface area contributed by atoms with E-state index in [1.54, 1.807) is 0 Å². The van der Waals surface area contributed by atoms with E-state index in [0.717, 1.165) is 16.3 Å². The van der Waals surface area contributed by atoms with E-state index < -0.39 is 0 Å². The second kappa shape index (κ2) is 5.11. The fourth-order valence-corrected chi connectivity index (χ4v) is 2.88. The van der Waals surface area contributed by atoms with Crippen molar-refractivity contribution < 1.29 is 4.79 Å². The van der Waals surface area contributed by atoms with Crippen LogP contribution in [0.1, 0.15) is 11.4 Å². The molecule has 19 heavy (non-hydrogen) atoms. The van der Waals surface area contributed by atoms with Gasteiger partial charge in [0.1, 0.15) is 5.01 Å². The summed E-state index contributed by atoms with van der Waals surface area (Å²) in [5.74, 6) is 0.125. The summed E-state index contributed by atoms with van der Waals surface area (Å²) < 4.78 is 0. The molecule has 0 spiro atoms. The lowest BCUT2D eigenvalue weighted by molar-refractivity contribution is -0.113. The molecule has 1 aromatic carbocycles. The van der Waals surface area contributed by atoms with Crippen molar-refractivity contribution in [2.45, 2.75) is 6.42 Å². The van der Waals surface area contributed by atoms with Gasteiger partial charge in [-0.1, -0.05) is 35.9 Å². The Morgan fingerprint density at radius 3 is 2.74 bits per heavy atom. The van der Waals surface area contributed by atoms with Crippen LogP contribution in [0.25, 0.3) is 16.8 Å². The molecule has 0 saturated heterocycles. The van der Waals surface area contributed by atoms with Crippen LogP contribution < -0.4 is 0 Å². The highest BCUT2D eigenvalue weighted by Gasteiger charge is 2.16. The molecule has 0 atom stereocenters. The molecule has 1 aliphatic carbocycles. The monoisotopic (exact) mass is 287 g/mol. The molecule has 2 aromatic rings. The number of aromatic nitrogens is 1. The third-order valence-corrected chi connectivity index (χ3v) is 4.00. The van der Waals surface area contributed by atoms with E-state index in [1.165, 1.54) is 11.3 Å². The van der Waals surface area contributed by atoms with Crippen LogP contribution in [0, 0.1) is 0 Å². The van der Waals surface area contributed by atoms with Gasteiger partial charge in [0.05, 0.1) is 11.3 Å². The van der Waals surface area contributed by atoms with Crippen molar-refractivity contribution >= 4 is 34.3 Å². The summed E-state index contributed by atoms with van der Waals surface area (Å²) in [6.07, 6.45) is 6.05. The number of hydrogen-bond acceptors (Lipinski definition) is 3. The Bertz CT molecular complexity index is 682. The lowest BCUT2D eigenvalue weighted by atomic mass is 10.0. The summed E-state index contributed by atoms with van der Waals surface area (Å²) in [6, 6.07) is 7.53. The van der Waals surface area contributed by atoms with E-state index in [9.17, 15) is 4.79 Å². The molecule has 0 fully saturated rings. The van der Waals surface area contributed by atoms with Crippen molar-refractivity contribution in [1.29, 1.82) is 0 Å². The Kier molecular flexibility index (Phi) is 3.32. The normalized spacial score (nSPS) is 14.6. The molecular formula is C15H10ClNOS. The first-order valence-corrected chi connectivity index (χ1v) is 7.11. The van der Waals surface area contributed by atoms with Crippen LogP contribution in [-0.2, 0) is 4.79 Å². The highest BCUT2D eigenvalue weighted by Crippen LogP contribution is 2.29. The Morgan fingerprint density at radius 1 is 1.21 bits per heavy atom. The molecule has 0 amide bonds. The topological polar surface area (TPSA) is 30.0 Å². The van der Waals surface area contributed by atoms with Gasteiger partial charge in [0.2, 0.25) is 0 Å². The quantitative estimate of drug-likeness (QED) is 0.820. The molecule has 0 unspecified atom stereocenters. The number of halogens is 1. The van der Waals surface area contributed by atoms with E-state index in [2.05, 4.69) is 4.98 Å². The number of hydrogen-bond donors (Lipinski definition) is 0. The lowest BCUT2D eigenvalue weighted by Gasteiger charge is -2.03. The summed E-state index contributed by atoms with van der Waals surface area (Å²) in [5, 5.41) is 3.44. The molecule has 4 heteroatoms. The first-order valence-electron chi connectivity index (χ1n) is 5.86. The maximum Gasteiger partial charge on any atom is 0.169 e. The van der Waals surface area contributed by atoms with Crippen molar-refractivity contribution in [1.82, 2.24) is 4.98 Å². The van der Waals surface area contributed by atoms with Gasteiger partial charge < -0.3 is 0 Å². The molecule has 3 rings (SSSR count). The fraction of sp³-hybridized carbons (Fsp3) is 0.0667. The summed E-state index contributed by atoms with van der Waals surface area (Å²) in [5.41, 5.74) is 2.58. The molecule has 1 aromatic heterocycles. The number of rotatable bonds is 2. The van der Waals surface area contributed by atoms with Gasteiger partial charge in [-0.25, -0.2) is 4.98 Å². The zero-order valence-electron chi connectivity index (χ0n) is 9.97. The number of benzene rings is 1. The SMILES string of the molecule is O=C1CC=CC=C1c1nc(-c2ccc(Cl)cc2)cs1. The average molecular weight is 288 g/mol. The minimum Gasteiger partial charge on any atom is -0.294 e. The molecule has 0 N–H and O–H groups in total. The van der Waals surface area contributed by atoms with Crippen molar-refractivity contribution in [2.24, 2.45) is 0 Å². The predicted octanol–water partition coefficient (Wildman–Crippen LogP) is 4.38. The van der Waals surface area contributed by atoms with Crippen molar-refractivity contribution in [3.63, 3.8) is 0 Å². The van der Waals surface area contributed by atoms with Crippen LogP contribution in [0.2, 0.25) is 5.02 Å². The lowest BCUT2D eigenvalue weighted by Crippen LogP contribution is -2.02. The largest absolute Gasteiger partial charge is 0.294 e. The minimum absolute atomic E-state index is 0.125. The van der Waals surface area contributed by atoms with Crippen LogP contribution >= 0.6 is 22.9 Å². The molecule has 0 saturated carbocycles. The van der Waals surface area contributed by atoms with Crippen LogP contribution in [0.3, 0.4) is 0 Å². The number of carbonyl (C=O) groups is 1. The van der Waals surface area contributed by atoms with Gasteiger partial charge in [-0.15, -0.1) is 11.3 Å². The molecular weight excluding hydrogens is 278 g/mol. The third kappa shape index (κ3) is 2.53. The number of nitrogens with zero attached hydrogens (tertiary/aromatic N) is 1. The number of thiazole rings is 1. The van der Waals surface area contributed by atoms with E-state index in [4.69, 9.17) is 11.6 Å². The number of carbonyl (C=O) groups excluding carboxylic acids is 1. The molecule has 94 valence electrons. The number of allylic oxidation sites excluding steroid dienone is 4. The van der Waals surface area contributed by atoms with Gasteiger partial charge in [-0.05, 0) is 18.2 Å². The Morgan fingerprint density at radius 2 is 2.00 bits per heavy atom. The summed E-state index contributed by atoms with van der Waals surface area (Å²) in [6.45, 7) is 0. The van der Waals surface area contributed by atoms with E-state index in [1.807, 2.05) is 47.9 Å². The van der Waals surface area contributed by atoms with Gasteiger partial charge in [-0.2, -0.15) is 0 Å². The second-order valence-corrected chi connectivity index (χ2v) is 5.48. The third-order valence-electron chi connectivity index (χ3n) is 2.88. The molecule has 2 nitrogen and oxygen atoms in total. The van der Waals surface area contributed by atoms with Crippen LogP contribution in [0.4, 0.5) is 0 Å². The average Bonchev–Trinajstić information content (AvgIpc) is 2.89. The standard InChI is InChI=1S/C15H10ClNOS/c16-11-7-5-10(6-8-11)13-9-19-15(17-13)12-3-1-2-4-14(12)18/h1-3,5-9H,4H2. The molecule has 0 radical (unpaired) electrons. The zero-order chi connectivity index (χ0) is 13.2.